The highest BCUT2D eigenvalue weighted by Gasteiger charge is 2.45. The molecule has 6 rings (SSSR count). The number of fused-ring (bicyclic) bond motifs is 4. The molecule has 4 aliphatic heterocycles. The minimum Gasteiger partial charge on any atom is -0.481 e. The number of carbonyl (C=O) groups excluding carboxylic acids is 10. The van der Waals surface area contributed by atoms with E-state index in [1.807, 2.05) is 30.0 Å². The predicted molar refractivity (Wildman–Crippen MR) is 406 cm³/mol. The van der Waals surface area contributed by atoms with Crippen molar-refractivity contribution < 1.29 is 103 Å². The number of carboxylic acid groups (broad SMARTS) is 5. The Labute approximate surface area is 647 Å². The molecular weight excluding hydrogens is 1480 g/mol. The molecule has 9 atom stereocenters. The Balaban J connectivity index is 1.33. The molecule has 3 fully saturated rings. The van der Waals surface area contributed by atoms with Crippen molar-refractivity contribution in [3.63, 3.8) is 0 Å². The lowest BCUT2D eigenvalue weighted by molar-refractivity contribution is -0.148. The third-order valence-electron chi connectivity index (χ3n) is 19.4. The largest absolute Gasteiger partial charge is 0.481 e. The highest BCUT2D eigenvalue weighted by Crippen LogP contribution is 2.31. The summed E-state index contributed by atoms with van der Waals surface area (Å²) in [6.07, 6.45) is -0.157. The second kappa shape index (κ2) is 46.6. The van der Waals surface area contributed by atoms with Crippen LogP contribution in [-0.2, 0) is 95.6 Å². The molecule has 0 spiro atoms. The molecule has 2 bridgehead atoms. The number of aliphatic carboxylic acids is 5. The number of hydrogen-bond donors (Lipinski definition) is 11. The van der Waals surface area contributed by atoms with E-state index < -0.39 is 157 Å². The van der Waals surface area contributed by atoms with Crippen LogP contribution >= 0.6 is 35.3 Å². The molecule has 7 amide bonds. The topological polar surface area (TPSA) is 471 Å². The van der Waals surface area contributed by atoms with Crippen LogP contribution in [0.5, 0.6) is 0 Å². The lowest BCUT2D eigenvalue weighted by atomic mass is 9.94. The highest BCUT2D eigenvalue weighted by atomic mass is 32.2. The smallest absolute Gasteiger partial charge is 0.326 e. The van der Waals surface area contributed by atoms with Crippen molar-refractivity contribution in [1.82, 2.24) is 50.7 Å². The van der Waals surface area contributed by atoms with Crippen LogP contribution in [0.1, 0.15) is 132 Å². The van der Waals surface area contributed by atoms with Crippen LogP contribution < -0.4 is 27.0 Å². The standard InChI is InChI=1S/C74H107N11O21S3/c1-3-4-6-14-54(87)35-53-46-109-44-51-32-49(42-107-30-11-15-55(88)38-80-22-24-81(39-64(93)94)26-28-83(41-66(97)98)29-27-82(25-23-80)40-65(95)96)31-50(33-51)43-108-45-52(68(99)78-58(74(105)106)37-63(91)92)36-61(89)57(34-48-12-7-5-8-13-48)77-69(100)56(18-19-62(75)90)76-71(102)67(47(2)86)79-70(101)59-16-9-20-84(59)73(104)60-17-10-21-85(60)72(53)103/h5,7-8,12-13,31-33,47,52-53,56-60,67,86H,3-4,6,9-11,14-30,34-46H2,1-2H3,(H2,75,90)(H,76,102)(H,77,100)(H,78,99)(H,79,101)(H,91,92)(H,93,94)(H,95,96)(H,97,98)(H,105,106)/t47-,52+,53+,56+,57+,58-,59+,60+,67+/m1/s1. The second-order valence-electron chi connectivity index (χ2n) is 28.4. The zero-order valence-corrected chi connectivity index (χ0v) is 64.5. The summed E-state index contributed by atoms with van der Waals surface area (Å²) in [6, 6.07) is 5.26. The molecule has 2 aromatic rings. The van der Waals surface area contributed by atoms with Gasteiger partial charge in [-0.15, -0.1) is 0 Å². The van der Waals surface area contributed by atoms with E-state index >= 15 is 4.79 Å². The molecule has 0 radical (unpaired) electrons. The van der Waals surface area contributed by atoms with Gasteiger partial charge in [0.1, 0.15) is 41.8 Å². The van der Waals surface area contributed by atoms with Gasteiger partial charge in [-0.1, -0.05) is 68.3 Å². The zero-order chi connectivity index (χ0) is 79.7. The van der Waals surface area contributed by atoms with Crippen LogP contribution in [0.4, 0.5) is 0 Å². The number of aliphatic hydroxyl groups is 1. The Morgan fingerprint density at radius 1 is 0.596 bits per heavy atom. The van der Waals surface area contributed by atoms with Gasteiger partial charge in [0.05, 0.1) is 56.6 Å². The van der Waals surface area contributed by atoms with E-state index in [9.17, 15) is 97.8 Å². The summed E-state index contributed by atoms with van der Waals surface area (Å²) in [4.78, 5) is 212. The molecule has 32 nitrogen and oxygen atoms in total. The number of carboxylic acids is 5. The number of hydrogen-bond acceptors (Lipinski definition) is 23. The molecular formula is C74H107N11O21S3. The molecule has 602 valence electrons. The van der Waals surface area contributed by atoms with Gasteiger partial charge in [0.15, 0.2) is 5.78 Å². The minimum absolute atomic E-state index is 0.00516. The molecule has 109 heavy (non-hydrogen) atoms. The minimum atomic E-state index is -1.93. The molecule has 4 aliphatic rings. The van der Waals surface area contributed by atoms with Crippen LogP contribution in [0.2, 0.25) is 0 Å². The van der Waals surface area contributed by atoms with Gasteiger partial charge in [-0.25, -0.2) is 4.79 Å². The fourth-order valence-electron chi connectivity index (χ4n) is 13.7. The summed E-state index contributed by atoms with van der Waals surface area (Å²) in [5.41, 5.74) is 8.44. The van der Waals surface area contributed by atoms with Crippen LogP contribution in [0.3, 0.4) is 0 Å². The number of thioether (sulfide) groups is 3. The number of carbonyl (C=O) groups is 15. The van der Waals surface area contributed by atoms with Gasteiger partial charge in [-0.2, -0.15) is 35.3 Å². The Hall–Kier alpha value is -8.06. The lowest BCUT2D eigenvalue weighted by Crippen LogP contribution is -2.61. The van der Waals surface area contributed by atoms with E-state index in [2.05, 4.69) is 21.3 Å². The van der Waals surface area contributed by atoms with Gasteiger partial charge < -0.3 is 67.4 Å². The first kappa shape index (κ1) is 89.8. The number of primary amides is 1. The first-order chi connectivity index (χ1) is 52.0. The van der Waals surface area contributed by atoms with Gasteiger partial charge in [0.2, 0.25) is 41.4 Å². The van der Waals surface area contributed by atoms with Gasteiger partial charge in [0.25, 0.3) is 0 Å². The zero-order valence-electron chi connectivity index (χ0n) is 62.1. The number of aliphatic hydroxyl groups excluding tert-OH is 1. The van der Waals surface area contributed by atoms with E-state index in [1.165, 1.54) is 40.2 Å². The molecule has 0 aliphatic carbocycles. The summed E-state index contributed by atoms with van der Waals surface area (Å²) < 4.78 is 0. The summed E-state index contributed by atoms with van der Waals surface area (Å²) in [7, 11) is 0. The normalized spacial score (nSPS) is 22.9. The molecule has 3 saturated heterocycles. The molecule has 2 aromatic carbocycles. The highest BCUT2D eigenvalue weighted by molar-refractivity contribution is 7.99. The van der Waals surface area contributed by atoms with Crippen LogP contribution in [0.25, 0.3) is 0 Å². The van der Waals surface area contributed by atoms with E-state index in [0.717, 1.165) is 29.5 Å². The van der Waals surface area contributed by atoms with Gasteiger partial charge in [-0.05, 0) is 86.3 Å². The van der Waals surface area contributed by atoms with Gasteiger partial charge in [0, 0.05) is 126 Å². The Bertz CT molecular complexity index is 3450. The van der Waals surface area contributed by atoms with Crippen molar-refractivity contribution >= 4 is 124 Å². The number of nitrogens with two attached hydrogens (primary N) is 1. The maximum absolute atomic E-state index is 15.1. The predicted octanol–water partition coefficient (Wildman–Crippen LogP) is 1.33. The number of amides is 7. The summed E-state index contributed by atoms with van der Waals surface area (Å²) in [5, 5.41) is 69.8. The van der Waals surface area contributed by atoms with Gasteiger partial charge >= 0.3 is 29.8 Å². The fraction of sp³-hybridized carbons (Fsp3) is 0.635. The van der Waals surface area contributed by atoms with Crippen LogP contribution in [-0.4, -0.2) is 300 Å². The molecule has 0 unspecified atom stereocenters. The number of rotatable bonds is 31. The van der Waals surface area contributed by atoms with Crippen molar-refractivity contribution in [2.75, 3.05) is 109 Å². The monoisotopic (exact) mass is 1580 g/mol. The second-order valence-corrected chi connectivity index (χ2v) is 31.5. The number of ketones is 3. The van der Waals surface area contributed by atoms with Crippen molar-refractivity contribution in [2.45, 2.75) is 176 Å². The Morgan fingerprint density at radius 2 is 1.14 bits per heavy atom. The Kier molecular flexibility index (Phi) is 38.4. The summed E-state index contributed by atoms with van der Waals surface area (Å²) in [6.45, 7) is 4.48. The molecule has 35 heteroatoms. The number of benzene rings is 2. The van der Waals surface area contributed by atoms with Crippen LogP contribution in [0, 0.1) is 11.8 Å². The summed E-state index contributed by atoms with van der Waals surface area (Å²) in [5.74, 6) is -14.0. The van der Waals surface area contributed by atoms with Crippen LogP contribution in [0.15, 0.2) is 48.5 Å². The fourth-order valence-corrected chi connectivity index (χ4v) is 16.7. The first-order valence-electron chi connectivity index (χ1n) is 37.2. The van der Waals surface area contributed by atoms with Crippen molar-refractivity contribution in [3.8, 4) is 0 Å². The molecule has 0 aromatic heterocycles. The third kappa shape index (κ3) is 31.7. The van der Waals surface area contributed by atoms with E-state index in [0.29, 0.717) is 48.5 Å². The van der Waals surface area contributed by atoms with E-state index in [-0.39, 0.29) is 159 Å². The lowest BCUT2D eigenvalue weighted by Gasteiger charge is -2.33. The molecule has 0 saturated carbocycles. The number of nitrogens with zero attached hydrogens (tertiary/aromatic N) is 6. The third-order valence-corrected chi connectivity index (χ3v) is 22.9. The number of Topliss-reactive ketones (excluding diaryl/α,β-unsaturated/α-hetero) is 3. The number of unbranched alkanes of at least 4 members (excludes halogenated alkanes) is 2. The quantitative estimate of drug-likeness (QED) is 0.0474. The summed E-state index contributed by atoms with van der Waals surface area (Å²) >= 11 is 4.14. The van der Waals surface area contributed by atoms with Crippen molar-refractivity contribution in [2.24, 2.45) is 17.6 Å². The Morgan fingerprint density at radius 3 is 1.68 bits per heavy atom. The van der Waals surface area contributed by atoms with Crippen molar-refractivity contribution in [3.05, 3.63) is 70.8 Å². The number of nitrogens with one attached hydrogen (secondary N) is 4. The molecule has 4 heterocycles. The average Bonchev–Trinajstić information content (AvgIpc) is 1.67. The maximum atomic E-state index is 15.1. The molecule has 12 N–H and O–H groups in total. The SMILES string of the molecule is CCCCCC(=O)C[C@H]1CSCc2cc(CSCCCC(=O)CN3CCN(CC(=O)O)CCN(CC(=O)O)CCN(CC(=O)O)CC3)cc(c2)CSC[C@@H](C(=O)N[C@H](CC(=O)O)C(=O)O)CC(=O)[C@H](Cc2ccccc2)NC(=O)[C@H](CCC(N)=O)NC(=O)[C@H]([C@@H](C)O)NC(=O)[C@@H]2CCCN2C(=O)[C@@H]2CCCN2C1=O. The maximum Gasteiger partial charge on any atom is 0.326 e. The van der Waals surface area contributed by atoms with Crippen molar-refractivity contribution in [1.29, 1.82) is 0 Å². The first-order valence-corrected chi connectivity index (χ1v) is 40.7. The van der Waals surface area contributed by atoms with E-state index in [4.69, 9.17) is 5.73 Å². The van der Waals surface area contributed by atoms with E-state index in [1.54, 1.807) is 56.8 Å². The van der Waals surface area contributed by atoms with Gasteiger partial charge in [-0.3, -0.25) is 86.7 Å². The average molecular weight is 1580 g/mol.